The van der Waals surface area contributed by atoms with E-state index in [9.17, 15) is 0 Å². The molecule has 0 N–H and O–H groups in total. The van der Waals surface area contributed by atoms with Crippen molar-refractivity contribution in [1.82, 2.24) is 20.2 Å². The van der Waals surface area contributed by atoms with E-state index in [1.165, 1.54) is 24.8 Å². The van der Waals surface area contributed by atoms with E-state index in [0.717, 1.165) is 75.4 Å². The summed E-state index contributed by atoms with van der Waals surface area (Å²) in [6.45, 7) is 7.28. The van der Waals surface area contributed by atoms with Crippen LogP contribution in [-0.2, 0) is 17.8 Å². The molecule has 28 heavy (non-hydrogen) atoms. The van der Waals surface area contributed by atoms with Gasteiger partial charge in [0, 0.05) is 57.3 Å². The van der Waals surface area contributed by atoms with E-state index in [4.69, 9.17) is 4.74 Å². The molecular weight excluding hydrogens is 354 g/mol. The predicted octanol–water partition coefficient (Wildman–Crippen LogP) is 1.66. The lowest BCUT2D eigenvalue weighted by molar-refractivity contribution is 0.109. The number of fused-ring (bicyclic) bond motifs is 1. The average Bonchev–Trinajstić information content (AvgIpc) is 2.79. The van der Waals surface area contributed by atoms with Crippen molar-refractivity contribution in [2.45, 2.75) is 32.3 Å². The fraction of sp³-hybridized carbons (Fsp3) is 0.600. The summed E-state index contributed by atoms with van der Waals surface area (Å²) in [4.78, 5) is 16.1. The molecule has 148 valence electrons. The Morgan fingerprint density at radius 3 is 2.14 bits per heavy atom. The van der Waals surface area contributed by atoms with Crippen molar-refractivity contribution in [2.24, 2.45) is 0 Å². The van der Waals surface area contributed by atoms with Gasteiger partial charge in [-0.15, -0.1) is 5.10 Å². The van der Waals surface area contributed by atoms with Crippen molar-refractivity contribution in [1.29, 1.82) is 0 Å². The zero-order valence-corrected chi connectivity index (χ0v) is 16.3. The number of hydrogen-bond donors (Lipinski definition) is 0. The van der Waals surface area contributed by atoms with Gasteiger partial charge in [0.05, 0.1) is 18.9 Å². The molecule has 5 heterocycles. The molecule has 2 fully saturated rings. The van der Waals surface area contributed by atoms with Crippen LogP contribution in [0.1, 0.15) is 30.5 Å². The monoisotopic (exact) mass is 381 g/mol. The standard InChI is InChI=1S/C20H27N7O/c1-2-5-25(6-3-1)18-13-19(22-15-21-18)26-7-9-27(10-8-26)20-12-16-14-28-11-4-17(16)23-24-20/h12-13,15H,1-11,14H2. The summed E-state index contributed by atoms with van der Waals surface area (Å²) in [5, 5.41) is 8.88. The van der Waals surface area contributed by atoms with E-state index in [2.05, 4.69) is 47.0 Å². The van der Waals surface area contributed by atoms with Crippen LogP contribution in [0.5, 0.6) is 0 Å². The predicted molar refractivity (Wildman–Crippen MR) is 108 cm³/mol. The third kappa shape index (κ3) is 3.61. The number of ether oxygens (including phenoxy) is 1. The second-order valence-electron chi connectivity index (χ2n) is 7.73. The molecule has 0 aromatic carbocycles. The molecule has 5 rings (SSSR count). The fourth-order valence-electron chi connectivity index (χ4n) is 4.26. The highest BCUT2D eigenvalue weighted by Crippen LogP contribution is 2.24. The molecule has 0 radical (unpaired) electrons. The first-order chi connectivity index (χ1) is 13.9. The van der Waals surface area contributed by atoms with Crippen LogP contribution >= 0.6 is 0 Å². The third-order valence-corrected chi connectivity index (χ3v) is 5.93. The lowest BCUT2D eigenvalue weighted by Crippen LogP contribution is -2.47. The molecule has 0 unspecified atom stereocenters. The molecule has 0 atom stereocenters. The molecule has 8 heteroatoms. The molecular formula is C20H27N7O. The highest BCUT2D eigenvalue weighted by Gasteiger charge is 2.22. The molecule has 3 aliphatic heterocycles. The second-order valence-corrected chi connectivity index (χ2v) is 7.73. The van der Waals surface area contributed by atoms with Crippen molar-refractivity contribution in [2.75, 3.05) is 60.6 Å². The SMILES string of the molecule is c1nc(N2CCCCC2)cc(N2CCN(c3cc4c(nn3)CCOC4)CC2)n1. The quantitative estimate of drug-likeness (QED) is 0.795. The van der Waals surface area contributed by atoms with Crippen molar-refractivity contribution in [3.05, 3.63) is 29.7 Å². The minimum absolute atomic E-state index is 0.651. The summed E-state index contributed by atoms with van der Waals surface area (Å²) >= 11 is 0. The Balaban J connectivity index is 1.25. The first kappa shape index (κ1) is 17.6. The summed E-state index contributed by atoms with van der Waals surface area (Å²) in [5.74, 6) is 3.05. The molecule has 0 amide bonds. The van der Waals surface area contributed by atoms with Crippen LogP contribution in [-0.4, -0.2) is 66.0 Å². The van der Waals surface area contributed by atoms with Gasteiger partial charge in [-0.1, -0.05) is 0 Å². The van der Waals surface area contributed by atoms with Crippen LogP contribution in [0, 0.1) is 0 Å². The van der Waals surface area contributed by atoms with E-state index >= 15 is 0 Å². The smallest absolute Gasteiger partial charge is 0.151 e. The Morgan fingerprint density at radius 1 is 0.714 bits per heavy atom. The van der Waals surface area contributed by atoms with E-state index in [-0.39, 0.29) is 0 Å². The number of hydrogen-bond acceptors (Lipinski definition) is 8. The number of rotatable bonds is 3. The van der Waals surface area contributed by atoms with Gasteiger partial charge in [0.25, 0.3) is 0 Å². The van der Waals surface area contributed by atoms with Crippen molar-refractivity contribution in [3.63, 3.8) is 0 Å². The summed E-state index contributed by atoms with van der Waals surface area (Å²) in [6, 6.07) is 4.30. The molecule has 0 bridgehead atoms. The van der Waals surface area contributed by atoms with E-state index in [1.54, 1.807) is 6.33 Å². The Kier molecular flexibility index (Phi) is 4.95. The van der Waals surface area contributed by atoms with E-state index in [1.807, 2.05) is 0 Å². The zero-order valence-electron chi connectivity index (χ0n) is 16.3. The van der Waals surface area contributed by atoms with Gasteiger partial charge < -0.3 is 19.4 Å². The number of piperidine rings is 1. The van der Waals surface area contributed by atoms with Crippen LogP contribution < -0.4 is 14.7 Å². The maximum absolute atomic E-state index is 5.56. The van der Waals surface area contributed by atoms with Crippen LogP contribution in [0.15, 0.2) is 18.5 Å². The normalized spacial score (nSPS) is 20.2. The first-order valence-electron chi connectivity index (χ1n) is 10.4. The molecule has 0 aliphatic carbocycles. The van der Waals surface area contributed by atoms with Crippen LogP contribution in [0.25, 0.3) is 0 Å². The molecule has 2 saturated heterocycles. The molecule has 8 nitrogen and oxygen atoms in total. The second kappa shape index (κ2) is 7.87. The number of nitrogens with zero attached hydrogens (tertiary/aromatic N) is 7. The van der Waals surface area contributed by atoms with Crippen molar-refractivity contribution >= 4 is 17.5 Å². The summed E-state index contributed by atoms with van der Waals surface area (Å²) < 4.78 is 5.56. The van der Waals surface area contributed by atoms with Gasteiger partial charge >= 0.3 is 0 Å². The topological polar surface area (TPSA) is 70.5 Å². The lowest BCUT2D eigenvalue weighted by Gasteiger charge is -2.36. The largest absolute Gasteiger partial charge is 0.376 e. The molecule has 3 aliphatic rings. The molecule has 0 spiro atoms. The van der Waals surface area contributed by atoms with Crippen LogP contribution in [0.4, 0.5) is 17.5 Å². The van der Waals surface area contributed by atoms with Gasteiger partial charge in [0.2, 0.25) is 0 Å². The van der Waals surface area contributed by atoms with Gasteiger partial charge in [-0.05, 0) is 25.3 Å². The van der Waals surface area contributed by atoms with Gasteiger partial charge in [0.1, 0.15) is 18.0 Å². The molecule has 2 aromatic heterocycles. The highest BCUT2D eigenvalue weighted by atomic mass is 16.5. The van der Waals surface area contributed by atoms with Crippen LogP contribution in [0.3, 0.4) is 0 Å². The number of anilines is 3. The maximum atomic E-state index is 5.56. The van der Waals surface area contributed by atoms with Gasteiger partial charge in [-0.25, -0.2) is 9.97 Å². The maximum Gasteiger partial charge on any atom is 0.151 e. The van der Waals surface area contributed by atoms with E-state index in [0.29, 0.717) is 6.61 Å². The zero-order chi connectivity index (χ0) is 18.8. The third-order valence-electron chi connectivity index (χ3n) is 5.93. The lowest BCUT2D eigenvalue weighted by atomic mass is 10.1. The first-order valence-corrected chi connectivity index (χ1v) is 10.4. The Bertz CT molecular complexity index is 816. The minimum Gasteiger partial charge on any atom is -0.376 e. The molecule has 2 aromatic rings. The Labute approximate surface area is 165 Å². The molecule has 0 saturated carbocycles. The summed E-state index contributed by atoms with van der Waals surface area (Å²) in [7, 11) is 0. The summed E-state index contributed by atoms with van der Waals surface area (Å²) in [6.07, 6.45) is 6.41. The van der Waals surface area contributed by atoms with Crippen molar-refractivity contribution in [3.8, 4) is 0 Å². The van der Waals surface area contributed by atoms with Gasteiger partial charge in [-0.2, -0.15) is 5.10 Å². The van der Waals surface area contributed by atoms with Crippen LogP contribution in [0.2, 0.25) is 0 Å². The van der Waals surface area contributed by atoms with Gasteiger partial charge in [0.15, 0.2) is 5.82 Å². The van der Waals surface area contributed by atoms with Gasteiger partial charge in [-0.3, -0.25) is 0 Å². The van der Waals surface area contributed by atoms with Crippen molar-refractivity contribution < 1.29 is 4.74 Å². The highest BCUT2D eigenvalue weighted by molar-refractivity contribution is 5.52. The number of aromatic nitrogens is 4. The summed E-state index contributed by atoms with van der Waals surface area (Å²) in [5.41, 5.74) is 2.26. The Hall–Kier alpha value is -2.48. The average molecular weight is 381 g/mol. The fourth-order valence-corrected chi connectivity index (χ4v) is 4.26. The number of piperazine rings is 1. The Morgan fingerprint density at radius 2 is 1.39 bits per heavy atom. The minimum atomic E-state index is 0.651. The van der Waals surface area contributed by atoms with E-state index < -0.39 is 0 Å².